The van der Waals surface area contributed by atoms with Gasteiger partial charge in [0, 0.05) is 30.5 Å². The summed E-state index contributed by atoms with van der Waals surface area (Å²) in [6, 6.07) is 17.0. The van der Waals surface area contributed by atoms with Crippen molar-refractivity contribution in [1.82, 2.24) is 10.2 Å². The fourth-order valence-corrected chi connectivity index (χ4v) is 4.31. The molecule has 3 rings (SSSR count). The highest BCUT2D eigenvalue weighted by molar-refractivity contribution is 6.31. The molecule has 5 heteroatoms. The number of hydrogen-bond acceptors (Lipinski definition) is 2. The molecule has 2 aromatic rings. The number of carbonyl (C=O) groups excluding carboxylic acids is 2. The first-order valence-corrected chi connectivity index (χ1v) is 11.3. The summed E-state index contributed by atoms with van der Waals surface area (Å²) in [6.07, 6.45) is 6.36. The average Bonchev–Trinajstić information content (AvgIpc) is 2.78. The van der Waals surface area contributed by atoms with Crippen molar-refractivity contribution in [2.75, 3.05) is 0 Å². The van der Waals surface area contributed by atoms with Crippen molar-refractivity contribution < 1.29 is 9.59 Å². The van der Waals surface area contributed by atoms with Gasteiger partial charge in [0.2, 0.25) is 11.8 Å². The quantitative estimate of drug-likeness (QED) is 0.635. The topological polar surface area (TPSA) is 49.4 Å². The standard InChI is InChI=1S/C25H31ClN2O2/c1-2-24(29)28(18-20-13-9-10-16-22(20)26)23(17-19-11-5-3-6-12-19)25(30)27-21-14-7-4-8-15-21/h3,5-6,9-13,16,21,23H,2,4,7-8,14-15,17-18H2,1H3,(H,27,30)/t23-/m1/s1. The van der Waals surface area contributed by atoms with Crippen LogP contribution in [0, 0.1) is 0 Å². The molecule has 0 radical (unpaired) electrons. The highest BCUT2D eigenvalue weighted by atomic mass is 35.5. The average molecular weight is 427 g/mol. The summed E-state index contributed by atoms with van der Waals surface area (Å²) in [7, 11) is 0. The predicted molar refractivity (Wildman–Crippen MR) is 121 cm³/mol. The lowest BCUT2D eigenvalue weighted by molar-refractivity contribution is -0.141. The van der Waals surface area contributed by atoms with E-state index in [1.54, 1.807) is 4.90 Å². The summed E-state index contributed by atoms with van der Waals surface area (Å²) in [5, 5.41) is 3.84. The van der Waals surface area contributed by atoms with Crippen LogP contribution >= 0.6 is 11.6 Å². The summed E-state index contributed by atoms with van der Waals surface area (Å²) < 4.78 is 0. The lowest BCUT2D eigenvalue weighted by Gasteiger charge is -2.33. The first-order chi connectivity index (χ1) is 14.6. The number of halogens is 1. The van der Waals surface area contributed by atoms with Gasteiger partial charge >= 0.3 is 0 Å². The molecule has 30 heavy (non-hydrogen) atoms. The van der Waals surface area contributed by atoms with Crippen LogP contribution < -0.4 is 5.32 Å². The van der Waals surface area contributed by atoms with Crippen molar-refractivity contribution in [2.45, 2.75) is 70.5 Å². The molecule has 4 nitrogen and oxygen atoms in total. The highest BCUT2D eigenvalue weighted by Crippen LogP contribution is 2.22. The van der Waals surface area contributed by atoms with Crippen molar-refractivity contribution in [3.8, 4) is 0 Å². The summed E-state index contributed by atoms with van der Waals surface area (Å²) in [4.78, 5) is 28.1. The van der Waals surface area contributed by atoms with Crippen LogP contribution in [0.4, 0.5) is 0 Å². The minimum Gasteiger partial charge on any atom is -0.352 e. The Morgan fingerprint density at radius 3 is 2.37 bits per heavy atom. The molecule has 0 saturated heterocycles. The molecule has 2 amide bonds. The SMILES string of the molecule is CCC(=O)N(Cc1ccccc1Cl)[C@H](Cc1ccccc1)C(=O)NC1CCCCC1. The van der Waals surface area contributed by atoms with E-state index in [1.807, 2.05) is 61.5 Å². The Kier molecular flexibility index (Phi) is 8.32. The molecular formula is C25H31ClN2O2. The van der Waals surface area contributed by atoms with Gasteiger partial charge in [-0.05, 0) is 30.0 Å². The number of carbonyl (C=O) groups is 2. The van der Waals surface area contributed by atoms with Crippen molar-refractivity contribution in [3.05, 3.63) is 70.7 Å². The van der Waals surface area contributed by atoms with Crippen molar-refractivity contribution in [3.63, 3.8) is 0 Å². The molecule has 0 heterocycles. The molecule has 0 unspecified atom stereocenters. The zero-order valence-electron chi connectivity index (χ0n) is 17.6. The zero-order chi connectivity index (χ0) is 21.3. The molecule has 0 bridgehead atoms. The second-order valence-electron chi connectivity index (χ2n) is 8.02. The van der Waals surface area contributed by atoms with Gasteiger partial charge in [0.05, 0.1) is 0 Å². The Balaban J connectivity index is 1.87. The Labute approximate surface area is 184 Å². The first-order valence-electron chi connectivity index (χ1n) is 11.0. The van der Waals surface area contributed by atoms with Gasteiger partial charge in [-0.15, -0.1) is 0 Å². The third-order valence-electron chi connectivity index (χ3n) is 5.82. The van der Waals surface area contributed by atoms with Gasteiger partial charge in [-0.3, -0.25) is 9.59 Å². The molecule has 0 aliphatic heterocycles. The number of amides is 2. The van der Waals surface area contributed by atoms with Crippen LogP contribution in [0.2, 0.25) is 5.02 Å². The van der Waals surface area contributed by atoms with E-state index in [9.17, 15) is 9.59 Å². The smallest absolute Gasteiger partial charge is 0.243 e. The van der Waals surface area contributed by atoms with Crippen LogP contribution in [-0.4, -0.2) is 28.8 Å². The second kappa shape index (κ2) is 11.2. The third-order valence-corrected chi connectivity index (χ3v) is 6.19. The molecule has 1 fully saturated rings. The van der Waals surface area contributed by atoms with Crippen LogP contribution in [-0.2, 0) is 22.6 Å². The monoisotopic (exact) mass is 426 g/mol. The van der Waals surface area contributed by atoms with Gasteiger partial charge in [0.1, 0.15) is 6.04 Å². The molecular weight excluding hydrogens is 396 g/mol. The molecule has 0 spiro atoms. The number of nitrogens with one attached hydrogen (secondary N) is 1. The van der Waals surface area contributed by atoms with E-state index in [0.29, 0.717) is 24.4 Å². The molecule has 1 saturated carbocycles. The van der Waals surface area contributed by atoms with Crippen molar-refractivity contribution >= 4 is 23.4 Å². The van der Waals surface area contributed by atoms with Crippen LogP contribution in [0.1, 0.15) is 56.6 Å². The summed E-state index contributed by atoms with van der Waals surface area (Å²) >= 11 is 6.38. The minimum absolute atomic E-state index is 0.0466. The van der Waals surface area contributed by atoms with Gasteiger partial charge < -0.3 is 10.2 Å². The Morgan fingerprint density at radius 2 is 1.70 bits per heavy atom. The highest BCUT2D eigenvalue weighted by Gasteiger charge is 2.31. The molecule has 0 aromatic heterocycles. The van der Waals surface area contributed by atoms with Gasteiger partial charge in [0.15, 0.2) is 0 Å². The number of nitrogens with zero attached hydrogens (tertiary/aromatic N) is 1. The number of hydrogen-bond donors (Lipinski definition) is 1. The normalized spacial score (nSPS) is 15.4. The number of rotatable bonds is 8. The van der Waals surface area contributed by atoms with E-state index < -0.39 is 6.04 Å². The molecule has 1 aliphatic carbocycles. The fourth-order valence-electron chi connectivity index (χ4n) is 4.11. The zero-order valence-corrected chi connectivity index (χ0v) is 18.4. The summed E-state index contributed by atoms with van der Waals surface area (Å²) in [5.41, 5.74) is 1.89. The molecule has 1 N–H and O–H groups in total. The van der Waals surface area contributed by atoms with Gasteiger partial charge in [-0.25, -0.2) is 0 Å². The van der Waals surface area contributed by atoms with Crippen molar-refractivity contribution in [1.29, 1.82) is 0 Å². The maximum absolute atomic E-state index is 13.4. The first kappa shape index (κ1) is 22.4. The van der Waals surface area contributed by atoms with Crippen LogP contribution in [0.5, 0.6) is 0 Å². The fraction of sp³-hybridized carbons (Fsp3) is 0.440. The van der Waals surface area contributed by atoms with Crippen LogP contribution in [0.15, 0.2) is 54.6 Å². The minimum atomic E-state index is -0.571. The van der Waals surface area contributed by atoms with E-state index in [4.69, 9.17) is 11.6 Å². The molecule has 1 aliphatic rings. The van der Waals surface area contributed by atoms with Crippen LogP contribution in [0.3, 0.4) is 0 Å². The Bertz CT molecular complexity index is 834. The molecule has 160 valence electrons. The number of benzene rings is 2. The van der Waals surface area contributed by atoms with E-state index >= 15 is 0 Å². The van der Waals surface area contributed by atoms with E-state index in [-0.39, 0.29) is 17.9 Å². The lowest BCUT2D eigenvalue weighted by atomic mass is 9.94. The van der Waals surface area contributed by atoms with Crippen LogP contribution in [0.25, 0.3) is 0 Å². The third kappa shape index (κ3) is 6.09. The molecule has 1 atom stereocenters. The van der Waals surface area contributed by atoms with E-state index in [0.717, 1.165) is 36.8 Å². The largest absolute Gasteiger partial charge is 0.352 e. The maximum atomic E-state index is 13.4. The van der Waals surface area contributed by atoms with Gasteiger partial charge in [0.25, 0.3) is 0 Å². The van der Waals surface area contributed by atoms with E-state index in [2.05, 4.69) is 5.32 Å². The Hall–Kier alpha value is -2.33. The van der Waals surface area contributed by atoms with Gasteiger partial charge in [-0.1, -0.05) is 86.3 Å². The maximum Gasteiger partial charge on any atom is 0.243 e. The lowest BCUT2D eigenvalue weighted by Crippen LogP contribution is -2.52. The Morgan fingerprint density at radius 1 is 1.03 bits per heavy atom. The summed E-state index contributed by atoms with van der Waals surface area (Å²) in [5.74, 6) is -0.116. The van der Waals surface area contributed by atoms with Gasteiger partial charge in [-0.2, -0.15) is 0 Å². The summed E-state index contributed by atoms with van der Waals surface area (Å²) in [6.45, 7) is 2.16. The van der Waals surface area contributed by atoms with E-state index in [1.165, 1.54) is 6.42 Å². The predicted octanol–water partition coefficient (Wildman–Crippen LogP) is 5.14. The molecule has 2 aromatic carbocycles. The second-order valence-corrected chi connectivity index (χ2v) is 8.42. The van der Waals surface area contributed by atoms with Crippen molar-refractivity contribution in [2.24, 2.45) is 0 Å².